The maximum absolute atomic E-state index is 13.7. The predicted octanol–water partition coefficient (Wildman–Crippen LogP) is 5.44. The Balaban J connectivity index is 1.63. The predicted molar refractivity (Wildman–Crippen MR) is 129 cm³/mol. The number of carbonyl (C=O) groups excluding carboxylic acids is 2. The van der Waals surface area contributed by atoms with Gasteiger partial charge in [-0.05, 0) is 36.4 Å². The van der Waals surface area contributed by atoms with E-state index in [1.165, 1.54) is 30.3 Å². The second-order valence-corrected chi connectivity index (χ2v) is 10.7. The Morgan fingerprint density at radius 1 is 0.865 bits per heavy atom. The quantitative estimate of drug-likeness (QED) is 0.300. The molecule has 2 heterocycles. The van der Waals surface area contributed by atoms with Gasteiger partial charge in [0.15, 0.2) is 0 Å². The molecule has 0 spiro atoms. The van der Waals surface area contributed by atoms with Gasteiger partial charge in [-0.1, -0.05) is 47.5 Å². The molecular formula is C24H14Cl2F3N3O4S. The molecule has 3 aromatic carbocycles. The number of amides is 2. The molecule has 1 aromatic heterocycles. The molecule has 1 aliphatic rings. The van der Waals surface area contributed by atoms with E-state index in [1.807, 2.05) is 0 Å². The molecule has 2 amide bonds. The molecule has 1 aliphatic heterocycles. The van der Waals surface area contributed by atoms with Crippen LogP contribution in [0.1, 0.15) is 32.1 Å². The summed E-state index contributed by atoms with van der Waals surface area (Å²) in [5.74, 6) is -1.35. The lowest BCUT2D eigenvalue weighted by molar-refractivity contribution is -0.139. The van der Waals surface area contributed by atoms with Gasteiger partial charge in [0.25, 0.3) is 21.8 Å². The minimum Gasteiger partial charge on any atom is -0.274 e. The zero-order valence-electron chi connectivity index (χ0n) is 18.5. The smallest absolute Gasteiger partial charge is 0.274 e. The summed E-state index contributed by atoms with van der Waals surface area (Å²) in [6.45, 7) is -0.270. The number of rotatable bonds is 5. The average Bonchev–Trinajstić information content (AvgIpc) is 3.32. The molecule has 4 aromatic rings. The van der Waals surface area contributed by atoms with Gasteiger partial charge in [-0.15, -0.1) is 0 Å². The van der Waals surface area contributed by atoms with Crippen molar-refractivity contribution in [2.24, 2.45) is 0 Å². The Hall–Kier alpha value is -3.41. The molecule has 5 rings (SSSR count). The minimum atomic E-state index is -4.96. The number of hydrogen-bond acceptors (Lipinski definition) is 5. The van der Waals surface area contributed by atoms with Crippen LogP contribution >= 0.6 is 23.2 Å². The van der Waals surface area contributed by atoms with Crippen LogP contribution in [0.4, 0.5) is 13.2 Å². The fraction of sp³-hybridized carbons (Fsp3) is 0.125. The number of nitrogens with zero attached hydrogens (tertiary/aromatic N) is 3. The molecule has 0 aliphatic carbocycles. The summed E-state index contributed by atoms with van der Waals surface area (Å²) < 4.78 is 69.2. The van der Waals surface area contributed by atoms with E-state index in [4.69, 9.17) is 23.2 Å². The molecular weight excluding hydrogens is 554 g/mol. The number of halogens is 5. The monoisotopic (exact) mass is 567 g/mol. The maximum Gasteiger partial charge on any atom is 0.417 e. The molecule has 7 nitrogen and oxygen atoms in total. The Bertz CT molecular complexity index is 1680. The lowest BCUT2D eigenvalue weighted by atomic mass is 10.1. The normalized spacial score (nSPS) is 14.0. The Kier molecular flexibility index (Phi) is 6.05. The summed E-state index contributed by atoms with van der Waals surface area (Å²) in [5, 5.41) is 0.0142. The van der Waals surface area contributed by atoms with Crippen LogP contribution in [0.25, 0.3) is 11.0 Å². The molecule has 37 heavy (non-hydrogen) atoms. The summed E-state index contributed by atoms with van der Waals surface area (Å²) in [5.41, 5.74) is -1.01. The molecule has 0 radical (unpaired) electrons. The lowest BCUT2D eigenvalue weighted by Crippen LogP contribution is -2.32. The summed E-state index contributed by atoms with van der Waals surface area (Å²) in [7, 11) is -4.88. The molecule has 0 unspecified atom stereocenters. The van der Waals surface area contributed by atoms with Crippen LogP contribution in [0.5, 0.6) is 0 Å². The van der Waals surface area contributed by atoms with Gasteiger partial charge < -0.3 is 0 Å². The first kappa shape index (κ1) is 25.2. The fourth-order valence-corrected chi connectivity index (χ4v) is 6.24. The average molecular weight is 568 g/mol. The number of imide groups is 1. The number of hydrogen-bond donors (Lipinski definition) is 0. The van der Waals surface area contributed by atoms with Gasteiger partial charge >= 0.3 is 6.18 Å². The first-order chi connectivity index (χ1) is 17.4. The summed E-state index contributed by atoms with van der Waals surface area (Å²) in [6, 6.07) is 12.4. The zero-order chi connectivity index (χ0) is 26.7. The summed E-state index contributed by atoms with van der Waals surface area (Å²) in [6.07, 6.45) is -5.23. The van der Waals surface area contributed by atoms with Crippen molar-refractivity contribution in [1.82, 2.24) is 13.9 Å². The molecule has 0 saturated carbocycles. The number of imidazole rings is 1. The minimum absolute atomic E-state index is 0.0403. The van der Waals surface area contributed by atoms with Crippen LogP contribution in [0.3, 0.4) is 0 Å². The van der Waals surface area contributed by atoms with Crippen molar-refractivity contribution in [2.45, 2.75) is 17.5 Å². The van der Waals surface area contributed by atoms with Crippen molar-refractivity contribution in [1.29, 1.82) is 0 Å². The van der Waals surface area contributed by atoms with Gasteiger partial charge in [-0.3, -0.25) is 14.5 Å². The van der Waals surface area contributed by atoms with E-state index in [2.05, 4.69) is 4.98 Å². The third kappa shape index (κ3) is 4.16. The van der Waals surface area contributed by atoms with Crippen LogP contribution in [-0.2, 0) is 22.6 Å². The van der Waals surface area contributed by atoms with E-state index in [-0.39, 0.29) is 51.0 Å². The van der Waals surface area contributed by atoms with Gasteiger partial charge in [-0.25, -0.2) is 17.4 Å². The standard InChI is InChI=1S/C24H14Cl2F3N3O4S/c25-16-11-18-19(12-17(16)26)32(37(35,36)20-8-4-3-7-15(20)24(27,28)29)21(30-18)9-10-31-22(33)13-5-1-2-6-14(13)23(31)34/h1-8,11-12H,9-10H2. The van der Waals surface area contributed by atoms with Gasteiger partial charge in [0.1, 0.15) is 10.7 Å². The number of carbonyl (C=O) groups is 2. The highest BCUT2D eigenvalue weighted by molar-refractivity contribution is 7.90. The first-order valence-corrected chi connectivity index (χ1v) is 12.8. The van der Waals surface area contributed by atoms with Gasteiger partial charge in [0.2, 0.25) is 0 Å². The second-order valence-electron chi connectivity index (χ2n) is 8.10. The lowest BCUT2D eigenvalue weighted by Gasteiger charge is -2.17. The van der Waals surface area contributed by atoms with Crippen LogP contribution in [0, 0.1) is 0 Å². The fourth-order valence-electron chi connectivity index (χ4n) is 4.21. The van der Waals surface area contributed by atoms with E-state index in [0.717, 1.165) is 17.0 Å². The maximum atomic E-state index is 13.7. The summed E-state index contributed by atoms with van der Waals surface area (Å²) >= 11 is 12.2. The molecule has 13 heteroatoms. The third-order valence-electron chi connectivity index (χ3n) is 5.87. The van der Waals surface area contributed by atoms with Crippen molar-refractivity contribution < 1.29 is 31.2 Å². The van der Waals surface area contributed by atoms with Crippen molar-refractivity contribution >= 4 is 56.1 Å². The van der Waals surface area contributed by atoms with E-state index in [1.54, 1.807) is 12.1 Å². The van der Waals surface area contributed by atoms with E-state index in [0.29, 0.717) is 10.0 Å². The Morgan fingerprint density at radius 3 is 2.05 bits per heavy atom. The van der Waals surface area contributed by atoms with E-state index in [9.17, 15) is 31.2 Å². The molecule has 190 valence electrons. The van der Waals surface area contributed by atoms with Crippen molar-refractivity contribution in [2.75, 3.05) is 6.54 Å². The molecule has 0 fully saturated rings. The number of aromatic nitrogens is 2. The Morgan fingerprint density at radius 2 is 1.43 bits per heavy atom. The molecule has 0 N–H and O–H groups in total. The van der Waals surface area contributed by atoms with Crippen LogP contribution in [0.15, 0.2) is 65.6 Å². The van der Waals surface area contributed by atoms with Gasteiger partial charge in [0, 0.05) is 13.0 Å². The zero-order valence-corrected chi connectivity index (χ0v) is 20.8. The highest BCUT2D eigenvalue weighted by Gasteiger charge is 2.39. The SMILES string of the molecule is O=C1c2ccccc2C(=O)N1CCc1nc2cc(Cl)c(Cl)cc2n1S(=O)(=O)c1ccccc1C(F)(F)F. The molecule has 0 saturated heterocycles. The van der Waals surface area contributed by atoms with E-state index >= 15 is 0 Å². The van der Waals surface area contributed by atoms with Crippen molar-refractivity contribution in [3.8, 4) is 0 Å². The highest BCUT2D eigenvalue weighted by atomic mass is 35.5. The van der Waals surface area contributed by atoms with Crippen LogP contribution < -0.4 is 0 Å². The van der Waals surface area contributed by atoms with E-state index < -0.39 is 38.5 Å². The largest absolute Gasteiger partial charge is 0.417 e. The Labute approximate surface area is 218 Å². The second kappa shape index (κ2) is 8.86. The van der Waals surface area contributed by atoms with Crippen LogP contribution in [-0.4, -0.2) is 40.6 Å². The van der Waals surface area contributed by atoms with Crippen molar-refractivity contribution in [3.05, 3.63) is 93.2 Å². The molecule has 0 atom stereocenters. The number of alkyl halides is 3. The van der Waals surface area contributed by atoms with Gasteiger partial charge in [0.05, 0.1) is 37.8 Å². The third-order valence-corrected chi connectivity index (χ3v) is 8.39. The topological polar surface area (TPSA) is 89.3 Å². The molecule has 0 bridgehead atoms. The number of benzene rings is 3. The number of fused-ring (bicyclic) bond motifs is 2. The van der Waals surface area contributed by atoms with Crippen molar-refractivity contribution in [3.63, 3.8) is 0 Å². The van der Waals surface area contributed by atoms with Crippen LogP contribution in [0.2, 0.25) is 10.0 Å². The first-order valence-electron chi connectivity index (χ1n) is 10.6. The highest BCUT2D eigenvalue weighted by Crippen LogP contribution is 2.37. The summed E-state index contributed by atoms with van der Waals surface area (Å²) in [4.78, 5) is 29.7. The van der Waals surface area contributed by atoms with Gasteiger partial charge in [-0.2, -0.15) is 13.2 Å².